The largest absolute Gasteiger partial charge is 0.328 e. The number of nitrogens with zero attached hydrogens (tertiary/aromatic N) is 2. The lowest BCUT2D eigenvalue weighted by atomic mass is 10.0. The summed E-state index contributed by atoms with van der Waals surface area (Å²) in [7, 11) is 2.29. The zero-order valence-corrected chi connectivity index (χ0v) is 13.6. The van der Waals surface area contributed by atoms with Crippen molar-refractivity contribution in [2.75, 3.05) is 33.2 Å². The fourth-order valence-electron chi connectivity index (χ4n) is 3.36. The van der Waals surface area contributed by atoms with Crippen molar-refractivity contribution in [3.8, 4) is 0 Å². The second kappa shape index (κ2) is 8.93. The van der Waals surface area contributed by atoms with Gasteiger partial charge < -0.3 is 10.6 Å². The van der Waals surface area contributed by atoms with E-state index in [1.807, 2.05) is 0 Å². The van der Waals surface area contributed by atoms with Crippen LogP contribution in [0.5, 0.6) is 0 Å². The first-order valence-electron chi connectivity index (χ1n) is 8.21. The van der Waals surface area contributed by atoms with E-state index >= 15 is 0 Å². The first-order chi connectivity index (χ1) is 9.02. The monoisotopic (exact) mass is 269 g/mol. The van der Waals surface area contributed by atoms with Gasteiger partial charge in [0.1, 0.15) is 0 Å². The van der Waals surface area contributed by atoms with Gasteiger partial charge in [-0.15, -0.1) is 0 Å². The van der Waals surface area contributed by atoms with Gasteiger partial charge in [0.2, 0.25) is 0 Å². The van der Waals surface area contributed by atoms with Crippen molar-refractivity contribution >= 4 is 0 Å². The van der Waals surface area contributed by atoms with Crippen molar-refractivity contribution in [1.82, 2.24) is 9.80 Å². The molecule has 0 aromatic rings. The molecule has 0 saturated carbocycles. The summed E-state index contributed by atoms with van der Waals surface area (Å²) in [5.41, 5.74) is 5.80. The fraction of sp³-hybridized carbons (Fsp3) is 1.00. The topological polar surface area (TPSA) is 32.5 Å². The predicted octanol–water partition coefficient (Wildman–Crippen LogP) is 2.56. The van der Waals surface area contributed by atoms with Gasteiger partial charge in [0, 0.05) is 25.2 Å². The number of likely N-dealkylation sites (N-methyl/N-ethyl adjacent to an activating group) is 2. The minimum absolute atomic E-state index is 0.363. The van der Waals surface area contributed by atoms with Crippen LogP contribution in [-0.2, 0) is 0 Å². The van der Waals surface area contributed by atoms with Gasteiger partial charge in [-0.3, -0.25) is 4.90 Å². The lowest BCUT2D eigenvalue weighted by Gasteiger charge is -2.29. The molecular weight excluding hydrogens is 234 g/mol. The Morgan fingerprint density at radius 3 is 2.68 bits per heavy atom. The molecule has 2 N–H and O–H groups in total. The standard InChI is InChI=1S/C16H35N3/c1-5-19-11-7-10-16(19)13-18(4)12-14(2)8-6-9-15(3)17/h14-16H,5-13,17H2,1-4H3. The lowest BCUT2D eigenvalue weighted by Crippen LogP contribution is -2.40. The van der Waals surface area contributed by atoms with Crippen LogP contribution < -0.4 is 5.73 Å². The van der Waals surface area contributed by atoms with Crippen LogP contribution in [0, 0.1) is 5.92 Å². The van der Waals surface area contributed by atoms with Crippen LogP contribution >= 0.6 is 0 Å². The van der Waals surface area contributed by atoms with Crippen molar-refractivity contribution in [2.24, 2.45) is 11.7 Å². The molecular formula is C16H35N3. The van der Waals surface area contributed by atoms with Gasteiger partial charge >= 0.3 is 0 Å². The summed E-state index contributed by atoms with van der Waals surface area (Å²) in [4.78, 5) is 5.17. The molecule has 0 aliphatic carbocycles. The Balaban J connectivity index is 2.17. The SMILES string of the molecule is CCN1CCCC1CN(C)CC(C)CCCC(C)N. The van der Waals surface area contributed by atoms with Gasteiger partial charge in [-0.25, -0.2) is 0 Å². The van der Waals surface area contributed by atoms with E-state index in [0.717, 1.165) is 12.0 Å². The maximum absolute atomic E-state index is 5.80. The maximum Gasteiger partial charge on any atom is 0.0223 e. The molecule has 1 saturated heterocycles. The molecule has 3 atom stereocenters. The van der Waals surface area contributed by atoms with E-state index in [1.54, 1.807) is 0 Å². The molecule has 114 valence electrons. The summed E-state index contributed by atoms with van der Waals surface area (Å²) in [6.07, 6.45) is 6.53. The average Bonchev–Trinajstić information content (AvgIpc) is 2.75. The molecule has 0 aromatic heterocycles. The first-order valence-corrected chi connectivity index (χ1v) is 8.21. The summed E-state index contributed by atoms with van der Waals surface area (Å²) in [5, 5.41) is 0. The predicted molar refractivity (Wildman–Crippen MR) is 84.4 cm³/mol. The Bertz CT molecular complexity index is 230. The molecule has 0 bridgehead atoms. The molecule has 0 radical (unpaired) electrons. The maximum atomic E-state index is 5.80. The quantitative estimate of drug-likeness (QED) is 0.698. The molecule has 1 heterocycles. The molecule has 1 rings (SSSR count). The summed E-state index contributed by atoms with van der Waals surface area (Å²) in [5.74, 6) is 0.792. The van der Waals surface area contributed by atoms with E-state index in [1.165, 1.54) is 58.3 Å². The summed E-state index contributed by atoms with van der Waals surface area (Å²) in [6.45, 7) is 11.8. The third-order valence-electron chi connectivity index (χ3n) is 4.41. The van der Waals surface area contributed by atoms with Crippen molar-refractivity contribution < 1.29 is 0 Å². The van der Waals surface area contributed by atoms with E-state index in [4.69, 9.17) is 5.73 Å². The second-order valence-electron chi connectivity index (χ2n) is 6.66. The molecule has 19 heavy (non-hydrogen) atoms. The van der Waals surface area contributed by atoms with Crippen molar-refractivity contribution in [3.63, 3.8) is 0 Å². The van der Waals surface area contributed by atoms with Crippen LogP contribution in [0.25, 0.3) is 0 Å². The Kier molecular flexibility index (Phi) is 7.96. The highest BCUT2D eigenvalue weighted by Gasteiger charge is 2.24. The van der Waals surface area contributed by atoms with Crippen LogP contribution in [0.1, 0.15) is 52.9 Å². The van der Waals surface area contributed by atoms with Gasteiger partial charge in [0.15, 0.2) is 0 Å². The molecule has 0 amide bonds. The zero-order valence-electron chi connectivity index (χ0n) is 13.6. The fourth-order valence-corrected chi connectivity index (χ4v) is 3.36. The lowest BCUT2D eigenvalue weighted by molar-refractivity contribution is 0.183. The average molecular weight is 269 g/mol. The highest BCUT2D eigenvalue weighted by molar-refractivity contribution is 4.80. The molecule has 1 aliphatic rings. The number of hydrogen-bond acceptors (Lipinski definition) is 3. The molecule has 3 heteroatoms. The van der Waals surface area contributed by atoms with E-state index in [9.17, 15) is 0 Å². The van der Waals surface area contributed by atoms with Gasteiger partial charge in [-0.1, -0.05) is 20.3 Å². The summed E-state index contributed by atoms with van der Waals surface area (Å²) >= 11 is 0. The highest BCUT2D eigenvalue weighted by Crippen LogP contribution is 2.18. The van der Waals surface area contributed by atoms with Gasteiger partial charge in [-0.2, -0.15) is 0 Å². The molecule has 1 fully saturated rings. The summed E-state index contributed by atoms with van der Waals surface area (Å²) in [6, 6.07) is 1.16. The van der Waals surface area contributed by atoms with Crippen LogP contribution in [-0.4, -0.2) is 55.1 Å². The number of hydrogen-bond donors (Lipinski definition) is 1. The van der Waals surface area contributed by atoms with Crippen LogP contribution in [0.15, 0.2) is 0 Å². The zero-order chi connectivity index (χ0) is 14.3. The first kappa shape index (κ1) is 16.9. The third kappa shape index (κ3) is 6.73. The summed E-state index contributed by atoms with van der Waals surface area (Å²) < 4.78 is 0. The van der Waals surface area contributed by atoms with Gasteiger partial charge in [-0.05, 0) is 58.7 Å². The van der Waals surface area contributed by atoms with Crippen molar-refractivity contribution in [2.45, 2.75) is 65.0 Å². The van der Waals surface area contributed by atoms with Gasteiger partial charge in [0.25, 0.3) is 0 Å². The van der Waals surface area contributed by atoms with E-state index in [-0.39, 0.29) is 0 Å². The minimum Gasteiger partial charge on any atom is -0.328 e. The Morgan fingerprint density at radius 2 is 2.05 bits per heavy atom. The molecule has 0 spiro atoms. The van der Waals surface area contributed by atoms with Crippen LogP contribution in [0.4, 0.5) is 0 Å². The number of likely N-dealkylation sites (tertiary alicyclic amines) is 1. The molecule has 3 nitrogen and oxygen atoms in total. The smallest absolute Gasteiger partial charge is 0.0223 e. The molecule has 0 aromatic carbocycles. The van der Waals surface area contributed by atoms with Crippen molar-refractivity contribution in [1.29, 1.82) is 0 Å². The Hall–Kier alpha value is -0.120. The van der Waals surface area contributed by atoms with Crippen LogP contribution in [0.2, 0.25) is 0 Å². The Morgan fingerprint density at radius 1 is 1.32 bits per heavy atom. The van der Waals surface area contributed by atoms with E-state index in [0.29, 0.717) is 6.04 Å². The van der Waals surface area contributed by atoms with Gasteiger partial charge in [0.05, 0.1) is 0 Å². The van der Waals surface area contributed by atoms with Crippen molar-refractivity contribution in [3.05, 3.63) is 0 Å². The third-order valence-corrected chi connectivity index (χ3v) is 4.41. The van der Waals surface area contributed by atoms with E-state index in [2.05, 4.69) is 37.6 Å². The number of rotatable bonds is 9. The molecule has 3 unspecified atom stereocenters. The Labute approximate surface area is 120 Å². The highest BCUT2D eigenvalue weighted by atomic mass is 15.2. The van der Waals surface area contributed by atoms with E-state index < -0.39 is 0 Å². The molecule has 1 aliphatic heterocycles. The number of nitrogens with two attached hydrogens (primary N) is 1. The second-order valence-corrected chi connectivity index (χ2v) is 6.66. The van der Waals surface area contributed by atoms with Crippen LogP contribution in [0.3, 0.4) is 0 Å². The minimum atomic E-state index is 0.363. The normalized spacial score (nSPS) is 24.0.